The topological polar surface area (TPSA) is 49.2 Å². The molecule has 2 heterocycles. The predicted molar refractivity (Wildman–Crippen MR) is 97.0 cm³/mol. The van der Waals surface area contributed by atoms with Crippen LogP contribution < -0.4 is 4.90 Å². The molecule has 0 aliphatic heterocycles. The molecule has 0 amide bonds. The number of likely N-dealkylation sites (N-methyl/N-ethyl adjacent to an activating group) is 1. The molecule has 5 heteroatoms. The summed E-state index contributed by atoms with van der Waals surface area (Å²) < 4.78 is 0. The Morgan fingerprint density at radius 1 is 1.17 bits per heavy atom. The average Bonchev–Trinajstić information content (AvgIpc) is 2.97. The van der Waals surface area contributed by atoms with Crippen LogP contribution in [0.3, 0.4) is 0 Å². The maximum Gasteiger partial charge on any atom is 0.140 e. The van der Waals surface area contributed by atoms with Gasteiger partial charge in [0.2, 0.25) is 0 Å². The van der Waals surface area contributed by atoms with Gasteiger partial charge in [0.25, 0.3) is 0 Å². The Bertz CT molecular complexity index is 793. The average molecular weight is 327 g/mol. The molecular weight excluding hydrogens is 306 g/mol. The molecule has 0 atom stereocenters. The van der Waals surface area contributed by atoms with E-state index < -0.39 is 5.60 Å². The van der Waals surface area contributed by atoms with E-state index in [2.05, 4.69) is 40.0 Å². The van der Waals surface area contributed by atoms with Gasteiger partial charge in [0, 0.05) is 18.0 Å². The molecule has 0 spiro atoms. The zero-order valence-electron chi connectivity index (χ0n) is 13.7. The Labute approximate surface area is 140 Å². The summed E-state index contributed by atoms with van der Waals surface area (Å²) in [4.78, 5) is 13.2. The van der Waals surface area contributed by atoms with Crippen molar-refractivity contribution >= 4 is 27.4 Å². The van der Waals surface area contributed by atoms with Gasteiger partial charge < -0.3 is 10.0 Å². The van der Waals surface area contributed by atoms with Gasteiger partial charge in [0.1, 0.15) is 17.0 Å². The van der Waals surface area contributed by atoms with Crippen LogP contribution in [0.4, 0.5) is 5.82 Å². The zero-order valence-corrected chi connectivity index (χ0v) is 14.5. The minimum atomic E-state index is -0.772. The quantitative estimate of drug-likeness (QED) is 0.771. The molecule has 2 aromatic heterocycles. The van der Waals surface area contributed by atoms with E-state index in [0.29, 0.717) is 6.54 Å². The Hall–Kier alpha value is -1.98. The summed E-state index contributed by atoms with van der Waals surface area (Å²) in [6.45, 7) is 7.02. The van der Waals surface area contributed by atoms with Crippen LogP contribution in [0.2, 0.25) is 0 Å². The molecule has 0 bridgehead atoms. The van der Waals surface area contributed by atoms with Gasteiger partial charge in [-0.15, -0.1) is 11.3 Å². The van der Waals surface area contributed by atoms with Crippen LogP contribution in [0, 0.1) is 0 Å². The first-order chi connectivity index (χ1) is 11.0. The number of aromatic nitrogens is 2. The van der Waals surface area contributed by atoms with Crippen molar-refractivity contribution in [2.24, 2.45) is 0 Å². The lowest BCUT2D eigenvalue weighted by Crippen LogP contribution is -2.39. The smallest absolute Gasteiger partial charge is 0.140 e. The van der Waals surface area contributed by atoms with Crippen LogP contribution in [0.5, 0.6) is 0 Å². The van der Waals surface area contributed by atoms with Crippen LogP contribution in [0.25, 0.3) is 20.7 Å². The van der Waals surface area contributed by atoms with Crippen LogP contribution in [0.1, 0.15) is 20.8 Å². The highest BCUT2D eigenvalue weighted by Gasteiger charge is 2.21. The van der Waals surface area contributed by atoms with E-state index in [1.165, 1.54) is 10.4 Å². The Balaban J connectivity index is 2.06. The van der Waals surface area contributed by atoms with Crippen molar-refractivity contribution < 1.29 is 5.11 Å². The molecule has 0 fully saturated rings. The van der Waals surface area contributed by atoms with Crippen LogP contribution in [-0.4, -0.2) is 33.8 Å². The largest absolute Gasteiger partial charge is 0.389 e. The first-order valence-electron chi connectivity index (χ1n) is 7.75. The first-order valence-corrected chi connectivity index (χ1v) is 8.57. The molecule has 0 saturated carbocycles. The van der Waals surface area contributed by atoms with E-state index in [-0.39, 0.29) is 0 Å². The van der Waals surface area contributed by atoms with E-state index in [9.17, 15) is 5.11 Å². The van der Waals surface area contributed by atoms with E-state index in [0.717, 1.165) is 22.6 Å². The number of fused-ring (bicyclic) bond motifs is 1. The minimum Gasteiger partial charge on any atom is -0.389 e. The number of anilines is 1. The lowest BCUT2D eigenvalue weighted by molar-refractivity contribution is 0.0875. The first kappa shape index (κ1) is 15.9. The molecule has 1 aromatic carbocycles. The Morgan fingerprint density at radius 2 is 1.91 bits per heavy atom. The second-order valence-electron chi connectivity index (χ2n) is 6.22. The van der Waals surface area contributed by atoms with E-state index >= 15 is 0 Å². The van der Waals surface area contributed by atoms with E-state index in [1.54, 1.807) is 17.7 Å². The summed E-state index contributed by atoms with van der Waals surface area (Å²) in [5.41, 5.74) is 0.415. The standard InChI is InChI=1S/C18H21N3OS/c1-4-21(11-18(2,3)22)16-14-10-15(13-8-6-5-7-9-13)23-17(14)20-12-19-16/h5-10,12,22H,4,11H2,1-3H3. The van der Waals surface area contributed by atoms with Crippen molar-refractivity contribution in [2.75, 3.05) is 18.0 Å². The van der Waals surface area contributed by atoms with Crippen molar-refractivity contribution in [2.45, 2.75) is 26.4 Å². The number of nitrogens with zero attached hydrogens (tertiary/aromatic N) is 3. The minimum absolute atomic E-state index is 0.534. The van der Waals surface area contributed by atoms with Crippen molar-refractivity contribution in [3.8, 4) is 10.4 Å². The van der Waals surface area contributed by atoms with Gasteiger partial charge in [0.05, 0.1) is 11.0 Å². The third-order valence-corrected chi connectivity index (χ3v) is 4.72. The van der Waals surface area contributed by atoms with E-state index in [4.69, 9.17) is 0 Å². The second-order valence-corrected chi connectivity index (χ2v) is 7.25. The van der Waals surface area contributed by atoms with Gasteiger partial charge >= 0.3 is 0 Å². The van der Waals surface area contributed by atoms with E-state index in [1.807, 2.05) is 32.0 Å². The molecule has 0 radical (unpaired) electrons. The fourth-order valence-corrected chi connectivity index (χ4v) is 3.64. The van der Waals surface area contributed by atoms with Gasteiger partial charge in [-0.05, 0) is 32.4 Å². The number of benzene rings is 1. The van der Waals surface area contributed by atoms with Crippen LogP contribution in [-0.2, 0) is 0 Å². The van der Waals surface area contributed by atoms with Crippen LogP contribution >= 0.6 is 11.3 Å². The van der Waals surface area contributed by atoms with Gasteiger partial charge in [-0.3, -0.25) is 0 Å². The van der Waals surface area contributed by atoms with Crippen molar-refractivity contribution in [3.63, 3.8) is 0 Å². The molecule has 1 N–H and O–H groups in total. The highest BCUT2D eigenvalue weighted by molar-refractivity contribution is 7.21. The Kier molecular flexibility index (Phi) is 4.33. The number of hydrogen-bond acceptors (Lipinski definition) is 5. The predicted octanol–water partition coefficient (Wildman–Crippen LogP) is 3.96. The molecule has 0 saturated heterocycles. The maximum absolute atomic E-state index is 10.2. The molecule has 23 heavy (non-hydrogen) atoms. The lowest BCUT2D eigenvalue weighted by Gasteiger charge is -2.29. The molecule has 120 valence electrons. The third kappa shape index (κ3) is 3.51. The summed E-state index contributed by atoms with van der Waals surface area (Å²) >= 11 is 1.67. The fourth-order valence-electron chi connectivity index (χ4n) is 2.64. The molecule has 0 aliphatic rings. The zero-order chi connectivity index (χ0) is 16.4. The molecule has 3 rings (SSSR count). The summed E-state index contributed by atoms with van der Waals surface area (Å²) in [5, 5.41) is 11.2. The number of aliphatic hydroxyl groups is 1. The highest BCUT2D eigenvalue weighted by atomic mass is 32.1. The summed E-state index contributed by atoms with van der Waals surface area (Å²) in [7, 11) is 0. The van der Waals surface area contributed by atoms with Gasteiger partial charge in [-0.2, -0.15) is 0 Å². The molecule has 3 aromatic rings. The molecule has 4 nitrogen and oxygen atoms in total. The number of hydrogen-bond donors (Lipinski definition) is 1. The Morgan fingerprint density at radius 3 is 2.57 bits per heavy atom. The second kappa shape index (κ2) is 6.26. The number of thiophene rings is 1. The lowest BCUT2D eigenvalue weighted by atomic mass is 10.1. The molecular formula is C18H21N3OS. The summed E-state index contributed by atoms with van der Waals surface area (Å²) in [5.74, 6) is 0.887. The molecule has 0 aliphatic carbocycles. The van der Waals surface area contributed by atoms with Crippen molar-refractivity contribution in [3.05, 3.63) is 42.7 Å². The normalized spacial score (nSPS) is 11.8. The van der Waals surface area contributed by atoms with Gasteiger partial charge in [-0.25, -0.2) is 9.97 Å². The van der Waals surface area contributed by atoms with Gasteiger partial charge in [0.15, 0.2) is 0 Å². The van der Waals surface area contributed by atoms with Crippen LogP contribution in [0.15, 0.2) is 42.7 Å². The third-order valence-electron chi connectivity index (χ3n) is 3.63. The summed E-state index contributed by atoms with van der Waals surface area (Å²) in [6.07, 6.45) is 1.61. The number of rotatable bonds is 5. The SMILES string of the molecule is CCN(CC(C)(C)O)c1ncnc2sc(-c3ccccc3)cc12. The fraction of sp³-hybridized carbons (Fsp3) is 0.333. The van der Waals surface area contributed by atoms with Gasteiger partial charge in [-0.1, -0.05) is 30.3 Å². The van der Waals surface area contributed by atoms with Crippen molar-refractivity contribution in [1.29, 1.82) is 0 Å². The highest BCUT2D eigenvalue weighted by Crippen LogP contribution is 2.36. The summed E-state index contributed by atoms with van der Waals surface area (Å²) in [6, 6.07) is 12.5. The maximum atomic E-state index is 10.2. The van der Waals surface area contributed by atoms with Crippen molar-refractivity contribution in [1.82, 2.24) is 9.97 Å². The monoisotopic (exact) mass is 327 g/mol. The molecule has 0 unspecified atom stereocenters.